The highest BCUT2D eigenvalue weighted by atomic mass is 16.5. The van der Waals surface area contributed by atoms with Crippen LogP contribution in [0.15, 0.2) is 18.2 Å². The van der Waals surface area contributed by atoms with E-state index in [0.29, 0.717) is 37.7 Å². The van der Waals surface area contributed by atoms with E-state index in [1.807, 2.05) is 29.7 Å². The smallest absolute Gasteiger partial charge is 0.152 e. The lowest BCUT2D eigenvalue weighted by atomic mass is 10.1. The summed E-state index contributed by atoms with van der Waals surface area (Å²) in [6.07, 6.45) is 0. The van der Waals surface area contributed by atoms with Gasteiger partial charge < -0.3 is 29.6 Å². The summed E-state index contributed by atoms with van der Waals surface area (Å²) in [5, 5.41) is 11.4. The molecule has 9 nitrogen and oxygen atoms in total. The molecule has 0 aliphatic carbocycles. The second-order valence-corrected chi connectivity index (χ2v) is 8.74. The third-order valence-electron chi connectivity index (χ3n) is 5.51. The molecule has 3 aromatic rings. The van der Waals surface area contributed by atoms with Crippen LogP contribution in [-0.4, -0.2) is 76.2 Å². The molecule has 0 bridgehead atoms. The molecule has 0 unspecified atom stereocenters. The van der Waals surface area contributed by atoms with Gasteiger partial charge in [-0.3, -0.25) is 4.90 Å². The Labute approximate surface area is 188 Å². The van der Waals surface area contributed by atoms with Gasteiger partial charge in [-0.15, -0.1) is 0 Å². The van der Waals surface area contributed by atoms with Crippen LogP contribution >= 0.6 is 0 Å². The number of pyridine rings is 1. The number of imidazole rings is 1. The molecule has 3 heterocycles. The van der Waals surface area contributed by atoms with Crippen LogP contribution in [0.3, 0.4) is 0 Å². The minimum absolute atomic E-state index is 0.338. The number of nitrogens with zero attached hydrogens (tertiary/aromatic N) is 4. The second kappa shape index (κ2) is 9.58. The Morgan fingerprint density at radius 3 is 2.72 bits per heavy atom. The van der Waals surface area contributed by atoms with Gasteiger partial charge in [0.15, 0.2) is 5.82 Å². The summed E-state index contributed by atoms with van der Waals surface area (Å²) in [5.41, 5.74) is 7.57. The molecule has 1 fully saturated rings. The summed E-state index contributed by atoms with van der Waals surface area (Å²) >= 11 is 0. The zero-order valence-corrected chi connectivity index (χ0v) is 19.1. The first-order valence-corrected chi connectivity index (χ1v) is 11.2. The number of rotatable bonds is 9. The Balaban J connectivity index is 1.66. The molecule has 174 valence electrons. The molecule has 3 N–H and O–H groups in total. The van der Waals surface area contributed by atoms with Gasteiger partial charge in [-0.2, -0.15) is 0 Å². The van der Waals surface area contributed by atoms with Crippen LogP contribution in [0.1, 0.15) is 26.6 Å². The van der Waals surface area contributed by atoms with Crippen LogP contribution in [0.4, 0.5) is 5.82 Å². The standard InChI is InChI=1S/C23H33N5O4/c1-4-30-14-19-26-20-21(28(19)15-23(2,3)29)17-6-5-16(13-18(17)25-22(20)24)32-12-9-27-7-10-31-11-8-27/h5-6,13,29H,4,7-12,14-15H2,1-3H3,(H2,24,25). The predicted molar refractivity (Wildman–Crippen MR) is 124 cm³/mol. The molecule has 0 radical (unpaired) electrons. The molecule has 32 heavy (non-hydrogen) atoms. The molecule has 1 saturated heterocycles. The van der Waals surface area contributed by atoms with Crippen molar-refractivity contribution >= 4 is 27.8 Å². The van der Waals surface area contributed by atoms with Crippen molar-refractivity contribution in [3.8, 4) is 5.75 Å². The van der Waals surface area contributed by atoms with E-state index in [4.69, 9.17) is 24.9 Å². The largest absolute Gasteiger partial charge is 0.492 e. The Bertz CT molecular complexity index is 1070. The van der Waals surface area contributed by atoms with Crippen molar-refractivity contribution in [2.24, 2.45) is 0 Å². The van der Waals surface area contributed by atoms with E-state index in [9.17, 15) is 5.11 Å². The van der Waals surface area contributed by atoms with Crippen molar-refractivity contribution < 1.29 is 19.3 Å². The minimum Gasteiger partial charge on any atom is -0.492 e. The van der Waals surface area contributed by atoms with Crippen LogP contribution in [0, 0.1) is 0 Å². The number of fused-ring (bicyclic) bond motifs is 3. The Kier molecular flexibility index (Phi) is 6.80. The number of nitrogens with two attached hydrogens (primary N) is 1. The second-order valence-electron chi connectivity index (χ2n) is 8.74. The van der Waals surface area contributed by atoms with Crippen LogP contribution in [0.25, 0.3) is 21.9 Å². The van der Waals surface area contributed by atoms with Gasteiger partial charge >= 0.3 is 0 Å². The lowest BCUT2D eigenvalue weighted by Gasteiger charge is -2.26. The van der Waals surface area contributed by atoms with Crippen LogP contribution in [0.2, 0.25) is 0 Å². The third kappa shape index (κ3) is 5.12. The molecule has 9 heteroatoms. The van der Waals surface area contributed by atoms with Gasteiger partial charge in [0.2, 0.25) is 0 Å². The molecular formula is C23H33N5O4. The first-order valence-electron chi connectivity index (χ1n) is 11.2. The van der Waals surface area contributed by atoms with Crippen molar-refractivity contribution in [1.82, 2.24) is 19.4 Å². The summed E-state index contributed by atoms with van der Waals surface area (Å²) in [7, 11) is 0. The third-order valence-corrected chi connectivity index (χ3v) is 5.51. The molecule has 2 aromatic heterocycles. The van der Waals surface area contributed by atoms with Gasteiger partial charge in [0.25, 0.3) is 0 Å². The number of anilines is 1. The fraction of sp³-hybridized carbons (Fsp3) is 0.565. The van der Waals surface area contributed by atoms with Gasteiger partial charge in [-0.05, 0) is 32.9 Å². The van der Waals surface area contributed by atoms with Crippen LogP contribution < -0.4 is 10.5 Å². The number of aliphatic hydroxyl groups is 1. The zero-order chi connectivity index (χ0) is 22.7. The summed E-state index contributed by atoms with van der Waals surface area (Å²) < 4.78 is 19.0. The molecule has 0 atom stereocenters. The number of nitrogen functional groups attached to an aromatic ring is 1. The summed E-state index contributed by atoms with van der Waals surface area (Å²) in [4.78, 5) is 11.6. The van der Waals surface area contributed by atoms with E-state index in [1.54, 1.807) is 13.8 Å². The van der Waals surface area contributed by atoms with Gasteiger partial charge in [0, 0.05) is 37.7 Å². The SMILES string of the molecule is CCOCc1nc2c(N)nc3cc(OCCN4CCOCC4)ccc3c2n1CC(C)(C)O. The monoisotopic (exact) mass is 443 g/mol. The Morgan fingerprint density at radius 2 is 2.00 bits per heavy atom. The topological polar surface area (TPSA) is 108 Å². The molecule has 1 aliphatic heterocycles. The number of ether oxygens (including phenoxy) is 3. The normalized spacial score (nSPS) is 15.6. The van der Waals surface area contributed by atoms with E-state index in [1.165, 1.54) is 0 Å². The number of hydrogen-bond acceptors (Lipinski definition) is 8. The van der Waals surface area contributed by atoms with E-state index in [2.05, 4.69) is 9.88 Å². The summed E-state index contributed by atoms with van der Waals surface area (Å²) in [6.45, 7) is 11.6. The van der Waals surface area contributed by atoms with Crippen molar-refractivity contribution in [3.63, 3.8) is 0 Å². The summed E-state index contributed by atoms with van der Waals surface area (Å²) in [6, 6.07) is 5.85. The summed E-state index contributed by atoms with van der Waals surface area (Å²) in [5.74, 6) is 1.82. The van der Waals surface area contributed by atoms with Gasteiger partial charge in [-0.25, -0.2) is 9.97 Å². The minimum atomic E-state index is -0.929. The van der Waals surface area contributed by atoms with Crippen molar-refractivity contribution in [2.45, 2.75) is 39.5 Å². The van der Waals surface area contributed by atoms with Gasteiger partial charge in [-0.1, -0.05) is 0 Å². The van der Waals surface area contributed by atoms with Crippen molar-refractivity contribution in [1.29, 1.82) is 0 Å². The van der Waals surface area contributed by atoms with E-state index >= 15 is 0 Å². The maximum absolute atomic E-state index is 10.5. The number of benzene rings is 1. The number of morpholine rings is 1. The molecule has 1 aromatic carbocycles. The lowest BCUT2D eigenvalue weighted by molar-refractivity contribution is 0.0322. The Hall–Kier alpha value is -2.46. The van der Waals surface area contributed by atoms with Crippen LogP contribution in [0.5, 0.6) is 5.75 Å². The molecular weight excluding hydrogens is 410 g/mol. The Morgan fingerprint density at radius 1 is 1.22 bits per heavy atom. The van der Waals surface area contributed by atoms with Gasteiger partial charge in [0.1, 0.15) is 30.3 Å². The molecule has 1 aliphatic rings. The number of aromatic nitrogens is 3. The molecule has 0 spiro atoms. The zero-order valence-electron chi connectivity index (χ0n) is 19.1. The highest BCUT2D eigenvalue weighted by molar-refractivity contribution is 6.06. The fourth-order valence-electron chi connectivity index (χ4n) is 4.01. The van der Waals surface area contributed by atoms with E-state index < -0.39 is 5.60 Å². The highest BCUT2D eigenvalue weighted by Crippen LogP contribution is 2.32. The first-order chi connectivity index (χ1) is 15.4. The number of hydrogen-bond donors (Lipinski definition) is 2. The van der Waals surface area contributed by atoms with Crippen molar-refractivity contribution in [3.05, 3.63) is 24.0 Å². The molecule has 4 rings (SSSR count). The van der Waals surface area contributed by atoms with Gasteiger partial charge in [0.05, 0.1) is 36.4 Å². The first kappa shape index (κ1) is 22.7. The maximum Gasteiger partial charge on any atom is 0.152 e. The van der Waals surface area contributed by atoms with Crippen molar-refractivity contribution in [2.75, 3.05) is 51.8 Å². The van der Waals surface area contributed by atoms with E-state index in [-0.39, 0.29) is 0 Å². The average Bonchev–Trinajstić information content (AvgIpc) is 3.10. The average molecular weight is 444 g/mol. The molecule has 0 amide bonds. The lowest BCUT2D eigenvalue weighted by Crippen LogP contribution is -2.38. The van der Waals surface area contributed by atoms with E-state index in [0.717, 1.165) is 60.8 Å². The highest BCUT2D eigenvalue weighted by Gasteiger charge is 2.22. The van der Waals surface area contributed by atoms with Crippen LogP contribution in [-0.2, 0) is 22.6 Å². The quantitative estimate of drug-likeness (QED) is 0.518. The maximum atomic E-state index is 10.5. The molecule has 0 saturated carbocycles. The predicted octanol–water partition coefficient (Wildman–Crippen LogP) is 2.19. The fourth-order valence-corrected chi connectivity index (χ4v) is 4.01.